The first-order valence-corrected chi connectivity index (χ1v) is 6.87. The van der Waals surface area contributed by atoms with E-state index in [1.54, 1.807) is 7.11 Å². The summed E-state index contributed by atoms with van der Waals surface area (Å²) in [5, 5.41) is 0. The molecule has 2 N–H and O–H groups in total. The molecule has 3 unspecified atom stereocenters. The molecule has 1 saturated heterocycles. The Morgan fingerprint density at radius 3 is 2.89 bits per heavy atom. The molecule has 3 atom stereocenters. The third-order valence-electron chi connectivity index (χ3n) is 4.53. The lowest BCUT2D eigenvalue weighted by Gasteiger charge is -2.18. The first kappa shape index (κ1) is 14.6. The SMILES string of the molecule is COc1cccc(CN2CC3CCC(N)C3C2)c1.Cl. The highest BCUT2D eigenvalue weighted by molar-refractivity contribution is 5.85. The molecule has 3 nitrogen and oxygen atoms in total. The van der Waals surface area contributed by atoms with Crippen molar-refractivity contribution >= 4 is 12.4 Å². The van der Waals surface area contributed by atoms with E-state index in [9.17, 15) is 0 Å². The van der Waals surface area contributed by atoms with Crippen LogP contribution in [0.3, 0.4) is 0 Å². The number of hydrogen-bond acceptors (Lipinski definition) is 3. The number of likely N-dealkylation sites (tertiary alicyclic amines) is 1. The largest absolute Gasteiger partial charge is 0.497 e. The van der Waals surface area contributed by atoms with Crippen LogP contribution in [-0.4, -0.2) is 31.1 Å². The predicted molar refractivity (Wildman–Crippen MR) is 79.7 cm³/mol. The zero-order chi connectivity index (χ0) is 12.5. The Hall–Kier alpha value is -0.770. The van der Waals surface area contributed by atoms with E-state index < -0.39 is 0 Å². The monoisotopic (exact) mass is 282 g/mol. The van der Waals surface area contributed by atoms with Crippen molar-refractivity contribution in [3.63, 3.8) is 0 Å². The lowest BCUT2D eigenvalue weighted by Crippen LogP contribution is -2.30. The molecule has 1 aromatic carbocycles. The molecule has 0 radical (unpaired) electrons. The molecule has 1 heterocycles. The summed E-state index contributed by atoms with van der Waals surface area (Å²) in [6, 6.07) is 8.81. The van der Waals surface area contributed by atoms with Crippen LogP contribution >= 0.6 is 12.4 Å². The molecule has 0 spiro atoms. The maximum Gasteiger partial charge on any atom is 0.119 e. The van der Waals surface area contributed by atoms with Crippen LogP contribution in [-0.2, 0) is 6.54 Å². The zero-order valence-corrected chi connectivity index (χ0v) is 12.2. The van der Waals surface area contributed by atoms with Gasteiger partial charge in [0.1, 0.15) is 5.75 Å². The number of hydrogen-bond donors (Lipinski definition) is 1. The number of benzene rings is 1. The number of methoxy groups -OCH3 is 1. The summed E-state index contributed by atoms with van der Waals surface area (Å²) in [6.07, 6.45) is 2.54. The molecule has 2 aliphatic rings. The van der Waals surface area contributed by atoms with Gasteiger partial charge in [-0.25, -0.2) is 0 Å². The van der Waals surface area contributed by atoms with Gasteiger partial charge in [-0.3, -0.25) is 4.90 Å². The zero-order valence-electron chi connectivity index (χ0n) is 11.4. The summed E-state index contributed by atoms with van der Waals surface area (Å²) in [7, 11) is 1.72. The fourth-order valence-electron chi connectivity index (χ4n) is 3.56. The van der Waals surface area contributed by atoms with Crippen LogP contribution in [0.2, 0.25) is 0 Å². The molecular formula is C15H23ClN2O. The summed E-state index contributed by atoms with van der Waals surface area (Å²) in [5.74, 6) is 2.52. The van der Waals surface area contributed by atoms with Crippen molar-refractivity contribution in [2.75, 3.05) is 20.2 Å². The van der Waals surface area contributed by atoms with Crippen LogP contribution in [0.4, 0.5) is 0 Å². The second kappa shape index (κ2) is 6.12. The molecule has 1 aromatic rings. The number of nitrogens with zero attached hydrogens (tertiary/aromatic N) is 1. The standard InChI is InChI=1S/C15H22N2O.ClH/c1-18-13-4-2-3-11(7-13)8-17-9-12-5-6-15(16)14(12)10-17;/h2-4,7,12,14-15H,5-6,8-10,16H2,1H3;1H. The highest BCUT2D eigenvalue weighted by Crippen LogP contribution is 2.37. The maximum absolute atomic E-state index is 6.17. The first-order chi connectivity index (χ1) is 8.76. The van der Waals surface area contributed by atoms with E-state index in [-0.39, 0.29) is 12.4 Å². The van der Waals surface area contributed by atoms with E-state index in [1.807, 2.05) is 6.07 Å². The Bertz CT molecular complexity index is 426. The summed E-state index contributed by atoms with van der Waals surface area (Å²) < 4.78 is 5.27. The number of rotatable bonds is 3. The molecule has 106 valence electrons. The van der Waals surface area contributed by atoms with Gasteiger partial charge in [0.25, 0.3) is 0 Å². The lowest BCUT2D eigenvalue weighted by molar-refractivity contribution is 0.297. The highest BCUT2D eigenvalue weighted by atomic mass is 35.5. The minimum absolute atomic E-state index is 0. The molecular weight excluding hydrogens is 260 g/mol. The van der Waals surface area contributed by atoms with Crippen LogP contribution in [0, 0.1) is 11.8 Å². The van der Waals surface area contributed by atoms with Crippen LogP contribution in [0.25, 0.3) is 0 Å². The Balaban J connectivity index is 0.00000133. The van der Waals surface area contributed by atoms with Gasteiger partial charge in [-0.15, -0.1) is 12.4 Å². The van der Waals surface area contributed by atoms with Crippen molar-refractivity contribution in [3.8, 4) is 5.75 Å². The van der Waals surface area contributed by atoms with Crippen molar-refractivity contribution in [3.05, 3.63) is 29.8 Å². The molecule has 0 bridgehead atoms. The van der Waals surface area contributed by atoms with Gasteiger partial charge in [-0.2, -0.15) is 0 Å². The van der Waals surface area contributed by atoms with Gasteiger partial charge >= 0.3 is 0 Å². The summed E-state index contributed by atoms with van der Waals surface area (Å²) >= 11 is 0. The Labute approximate surface area is 121 Å². The average Bonchev–Trinajstić information content (AvgIpc) is 2.92. The van der Waals surface area contributed by atoms with E-state index in [2.05, 4.69) is 23.1 Å². The molecule has 1 aliphatic heterocycles. The third kappa shape index (κ3) is 3.04. The van der Waals surface area contributed by atoms with Gasteiger partial charge in [0.05, 0.1) is 7.11 Å². The normalized spacial score (nSPS) is 29.9. The summed E-state index contributed by atoms with van der Waals surface area (Å²) in [5.41, 5.74) is 7.51. The minimum atomic E-state index is 0. The number of fused-ring (bicyclic) bond motifs is 1. The highest BCUT2D eigenvalue weighted by Gasteiger charge is 2.40. The topological polar surface area (TPSA) is 38.5 Å². The van der Waals surface area contributed by atoms with E-state index >= 15 is 0 Å². The van der Waals surface area contributed by atoms with Crippen LogP contribution in [0.1, 0.15) is 18.4 Å². The second-order valence-electron chi connectivity index (χ2n) is 5.71. The van der Waals surface area contributed by atoms with Crippen molar-refractivity contribution in [1.82, 2.24) is 4.90 Å². The van der Waals surface area contributed by atoms with Crippen molar-refractivity contribution < 1.29 is 4.74 Å². The van der Waals surface area contributed by atoms with E-state index in [0.717, 1.165) is 24.1 Å². The van der Waals surface area contributed by atoms with E-state index in [1.165, 1.54) is 31.5 Å². The molecule has 0 amide bonds. The molecule has 3 rings (SSSR count). The van der Waals surface area contributed by atoms with Crippen LogP contribution in [0.15, 0.2) is 24.3 Å². The molecule has 4 heteroatoms. The van der Waals surface area contributed by atoms with E-state index in [4.69, 9.17) is 10.5 Å². The molecule has 2 fully saturated rings. The predicted octanol–water partition coefficient (Wildman–Crippen LogP) is 2.29. The summed E-state index contributed by atoms with van der Waals surface area (Å²) in [6.45, 7) is 3.41. The smallest absolute Gasteiger partial charge is 0.119 e. The fourth-order valence-corrected chi connectivity index (χ4v) is 3.56. The number of halogens is 1. The second-order valence-corrected chi connectivity index (χ2v) is 5.71. The van der Waals surface area contributed by atoms with Crippen LogP contribution < -0.4 is 10.5 Å². The van der Waals surface area contributed by atoms with Crippen molar-refractivity contribution in [2.24, 2.45) is 17.6 Å². The molecule has 19 heavy (non-hydrogen) atoms. The number of nitrogens with two attached hydrogens (primary N) is 1. The maximum atomic E-state index is 6.17. The van der Waals surface area contributed by atoms with Crippen molar-refractivity contribution in [1.29, 1.82) is 0 Å². The van der Waals surface area contributed by atoms with Gasteiger partial charge in [-0.05, 0) is 42.4 Å². The first-order valence-electron chi connectivity index (χ1n) is 6.87. The Morgan fingerprint density at radius 1 is 1.32 bits per heavy atom. The third-order valence-corrected chi connectivity index (χ3v) is 4.53. The van der Waals surface area contributed by atoms with E-state index in [0.29, 0.717) is 6.04 Å². The average molecular weight is 283 g/mol. The van der Waals surface area contributed by atoms with Gasteiger partial charge in [0, 0.05) is 25.7 Å². The van der Waals surface area contributed by atoms with Crippen molar-refractivity contribution in [2.45, 2.75) is 25.4 Å². The molecule has 1 saturated carbocycles. The van der Waals surface area contributed by atoms with Gasteiger partial charge < -0.3 is 10.5 Å². The number of ether oxygens (including phenoxy) is 1. The van der Waals surface area contributed by atoms with Gasteiger partial charge in [-0.1, -0.05) is 12.1 Å². The Morgan fingerprint density at radius 2 is 2.16 bits per heavy atom. The van der Waals surface area contributed by atoms with Gasteiger partial charge in [0.15, 0.2) is 0 Å². The molecule has 0 aromatic heterocycles. The lowest BCUT2D eigenvalue weighted by atomic mass is 9.98. The fraction of sp³-hybridized carbons (Fsp3) is 0.600. The Kier molecular flexibility index (Phi) is 4.71. The summed E-state index contributed by atoms with van der Waals surface area (Å²) in [4.78, 5) is 2.54. The quantitative estimate of drug-likeness (QED) is 0.924. The molecule has 1 aliphatic carbocycles. The van der Waals surface area contributed by atoms with Crippen LogP contribution in [0.5, 0.6) is 5.75 Å². The van der Waals surface area contributed by atoms with Gasteiger partial charge in [0.2, 0.25) is 0 Å². The minimum Gasteiger partial charge on any atom is -0.497 e.